The number of nitrogens with one attached hydrogen (secondary N) is 2. The molecule has 1 aromatic carbocycles. The van der Waals surface area contributed by atoms with Gasteiger partial charge in [-0.3, -0.25) is 0 Å². The molecule has 9 heteroatoms. The maximum absolute atomic E-state index is 12.8. The Hall–Kier alpha value is -2.39. The van der Waals surface area contributed by atoms with E-state index in [1.165, 1.54) is 0 Å². The predicted octanol–water partition coefficient (Wildman–Crippen LogP) is 2.13. The number of carbonyl (C=O) groups excluding carboxylic acids is 1. The van der Waals surface area contributed by atoms with E-state index in [1.54, 1.807) is 7.11 Å². The van der Waals surface area contributed by atoms with Crippen molar-refractivity contribution in [3.8, 4) is 0 Å². The third kappa shape index (κ3) is 5.02. The molecule has 2 aliphatic heterocycles. The van der Waals surface area contributed by atoms with E-state index in [2.05, 4.69) is 22.0 Å². The van der Waals surface area contributed by atoms with E-state index < -0.39 is 10.0 Å². The molecular weight excluding hydrogens is 404 g/mol. The van der Waals surface area contributed by atoms with Gasteiger partial charge in [0.05, 0.1) is 6.61 Å². The second-order valence-corrected chi connectivity index (χ2v) is 9.09. The topological polar surface area (TPSA) is 100 Å². The van der Waals surface area contributed by atoms with Crippen LogP contribution in [0.3, 0.4) is 0 Å². The number of carbonyl (C=O) groups is 1. The summed E-state index contributed by atoms with van der Waals surface area (Å²) < 4.78 is 34.5. The molecule has 2 heterocycles. The van der Waals surface area contributed by atoms with Crippen LogP contribution >= 0.6 is 0 Å². The Morgan fingerprint density at radius 2 is 1.90 bits per heavy atom. The highest BCUT2D eigenvalue weighted by Gasteiger charge is 2.34. The van der Waals surface area contributed by atoms with Gasteiger partial charge in [0.1, 0.15) is 10.7 Å². The summed E-state index contributed by atoms with van der Waals surface area (Å²) in [5.74, 6) is 0.521. The molecule has 0 spiro atoms. The monoisotopic (exact) mass is 434 g/mol. The third-order valence-electron chi connectivity index (χ3n) is 5.49. The number of rotatable bonds is 6. The number of amides is 2. The normalized spacial score (nSPS) is 19.0. The first kappa shape index (κ1) is 22.3. The van der Waals surface area contributed by atoms with Crippen molar-refractivity contribution in [3.05, 3.63) is 41.0 Å². The first-order valence-corrected chi connectivity index (χ1v) is 11.7. The van der Waals surface area contributed by atoms with E-state index in [0.717, 1.165) is 24.8 Å². The van der Waals surface area contributed by atoms with Gasteiger partial charge in [0.15, 0.2) is 0 Å². The molecule has 0 aromatic heterocycles. The summed E-state index contributed by atoms with van der Waals surface area (Å²) in [5, 5.41) is 5.71. The van der Waals surface area contributed by atoms with Gasteiger partial charge in [-0.05, 0) is 37.3 Å². The molecule has 3 rings (SSSR count). The molecule has 0 radical (unpaired) electrons. The lowest BCUT2D eigenvalue weighted by atomic mass is 10.0. The number of methoxy groups -OCH3 is 1. The van der Waals surface area contributed by atoms with Gasteiger partial charge in [0, 0.05) is 38.4 Å². The average Bonchev–Trinajstić information content (AvgIpc) is 2.97. The van der Waals surface area contributed by atoms with Gasteiger partial charge in [-0.1, -0.05) is 31.2 Å². The van der Waals surface area contributed by atoms with Gasteiger partial charge in [0.25, 0.3) is 10.0 Å². The van der Waals surface area contributed by atoms with Gasteiger partial charge >= 0.3 is 6.03 Å². The lowest BCUT2D eigenvalue weighted by molar-refractivity contribution is 0.193. The highest BCUT2D eigenvalue weighted by molar-refractivity contribution is 8.00. The Bertz CT molecular complexity index is 930. The zero-order valence-electron chi connectivity index (χ0n) is 17.8. The van der Waals surface area contributed by atoms with Gasteiger partial charge in [-0.25, -0.2) is 4.79 Å². The van der Waals surface area contributed by atoms with E-state index in [0.29, 0.717) is 43.2 Å². The second kappa shape index (κ2) is 9.61. The highest BCUT2D eigenvalue weighted by atomic mass is 32.2. The van der Waals surface area contributed by atoms with Crippen LogP contribution < -0.4 is 10.6 Å². The number of hydrogen-bond acceptors (Lipinski definition) is 5. The highest BCUT2D eigenvalue weighted by Crippen LogP contribution is 2.34. The Morgan fingerprint density at radius 3 is 2.50 bits per heavy atom. The van der Waals surface area contributed by atoms with Crippen molar-refractivity contribution in [2.75, 3.05) is 33.4 Å². The van der Waals surface area contributed by atoms with Crippen LogP contribution in [0.4, 0.5) is 4.79 Å². The molecule has 0 bridgehead atoms. The Morgan fingerprint density at radius 1 is 1.23 bits per heavy atom. The van der Waals surface area contributed by atoms with Crippen LogP contribution in [0.1, 0.15) is 37.8 Å². The third-order valence-corrected chi connectivity index (χ3v) is 6.96. The number of aryl methyl sites for hydroxylation is 1. The molecule has 0 unspecified atom stereocenters. The molecule has 164 valence electrons. The summed E-state index contributed by atoms with van der Waals surface area (Å²) >= 11 is 0. The van der Waals surface area contributed by atoms with Crippen LogP contribution in [0.5, 0.6) is 0 Å². The molecule has 0 aliphatic carbocycles. The molecule has 1 aromatic rings. The van der Waals surface area contributed by atoms with E-state index in [4.69, 9.17) is 4.74 Å². The molecule has 1 saturated heterocycles. The molecule has 1 fully saturated rings. The zero-order chi connectivity index (χ0) is 21.7. The summed E-state index contributed by atoms with van der Waals surface area (Å²) in [6.45, 7) is 6.08. The minimum absolute atomic E-state index is 0.0488. The smallest absolute Gasteiger partial charge is 0.315 e. The second-order valence-electron chi connectivity index (χ2n) is 7.55. The van der Waals surface area contributed by atoms with Crippen molar-refractivity contribution in [1.29, 1.82) is 0 Å². The number of ether oxygens (including phenoxy) is 1. The van der Waals surface area contributed by atoms with Crippen LogP contribution in [-0.2, 0) is 21.2 Å². The fourth-order valence-electron chi connectivity index (χ4n) is 3.81. The Kier molecular flexibility index (Phi) is 7.14. The molecule has 0 saturated carbocycles. The summed E-state index contributed by atoms with van der Waals surface area (Å²) in [5.41, 5.74) is 2.52. The maximum Gasteiger partial charge on any atom is 0.315 e. The number of urea groups is 1. The largest absolute Gasteiger partial charge is 0.383 e. The number of hydrogen-bond donors (Lipinski definition) is 2. The summed E-state index contributed by atoms with van der Waals surface area (Å²) in [6.07, 6.45) is 2.36. The molecular formula is C21H30N4O4S. The number of benzene rings is 1. The molecule has 2 N–H and O–H groups in total. The van der Waals surface area contributed by atoms with Crippen LogP contribution in [0, 0.1) is 0 Å². The number of piperidine rings is 1. The summed E-state index contributed by atoms with van der Waals surface area (Å²) in [7, 11) is -2.13. The lowest BCUT2D eigenvalue weighted by Gasteiger charge is -2.33. The van der Waals surface area contributed by atoms with Crippen molar-refractivity contribution < 1.29 is 17.9 Å². The van der Waals surface area contributed by atoms with Crippen LogP contribution in [0.25, 0.3) is 4.91 Å². The van der Waals surface area contributed by atoms with Gasteiger partial charge < -0.3 is 20.3 Å². The summed E-state index contributed by atoms with van der Waals surface area (Å²) in [4.78, 5) is 14.2. The molecule has 2 aliphatic rings. The number of sulfonamides is 1. The summed E-state index contributed by atoms with van der Waals surface area (Å²) in [6, 6.07) is 7.46. The molecule has 2 amide bonds. The van der Waals surface area contributed by atoms with E-state index >= 15 is 0 Å². The minimum atomic E-state index is -3.72. The zero-order valence-corrected chi connectivity index (χ0v) is 18.6. The minimum Gasteiger partial charge on any atom is -0.383 e. The number of nitrogens with zero attached hydrogens (tertiary/aromatic N) is 2. The van der Waals surface area contributed by atoms with Crippen molar-refractivity contribution in [2.45, 2.75) is 39.2 Å². The van der Waals surface area contributed by atoms with Gasteiger partial charge in [0.2, 0.25) is 0 Å². The standard InChI is InChI=1S/C21H30N4O4S/c1-4-16-5-7-17(8-6-16)19-15(2)20(24-30(19,27)28)25-12-9-18(10-13-25)23-21(26)22-11-14-29-3/h5-8,18H,4,9-14H2,1-3H3,(H2,22,23,26). The van der Waals surface area contributed by atoms with Crippen molar-refractivity contribution >= 4 is 26.8 Å². The predicted molar refractivity (Wildman–Crippen MR) is 118 cm³/mol. The molecule has 8 nitrogen and oxygen atoms in total. The van der Waals surface area contributed by atoms with Crippen molar-refractivity contribution in [2.24, 2.45) is 4.40 Å². The maximum atomic E-state index is 12.8. The first-order chi connectivity index (χ1) is 14.4. The SMILES string of the molecule is CCc1ccc(C2=C(C)C(N3CCC(NC(=O)NCCOC)CC3)=NS2(=O)=O)cc1. The fourth-order valence-corrected chi connectivity index (χ4v) is 5.30. The van der Waals surface area contributed by atoms with Crippen molar-refractivity contribution in [1.82, 2.24) is 15.5 Å². The Labute approximate surface area is 178 Å². The van der Waals surface area contributed by atoms with E-state index in [1.807, 2.05) is 36.1 Å². The average molecular weight is 435 g/mol. The van der Waals surface area contributed by atoms with E-state index in [-0.39, 0.29) is 17.0 Å². The fraction of sp³-hybridized carbons (Fsp3) is 0.524. The van der Waals surface area contributed by atoms with Crippen LogP contribution in [-0.4, -0.2) is 64.6 Å². The Balaban J connectivity index is 1.65. The van der Waals surface area contributed by atoms with Crippen LogP contribution in [0.2, 0.25) is 0 Å². The first-order valence-electron chi connectivity index (χ1n) is 10.3. The van der Waals surface area contributed by atoms with Gasteiger partial charge in [-0.15, -0.1) is 4.40 Å². The van der Waals surface area contributed by atoms with E-state index in [9.17, 15) is 13.2 Å². The number of likely N-dealkylation sites (tertiary alicyclic amines) is 1. The number of amidine groups is 1. The lowest BCUT2D eigenvalue weighted by Crippen LogP contribution is -2.49. The quantitative estimate of drug-likeness (QED) is 0.668. The molecule has 30 heavy (non-hydrogen) atoms. The molecule has 0 atom stereocenters. The van der Waals surface area contributed by atoms with Gasteiger partial charge in [-0.2, -0.15) is 8.42 Å². The van der Waals surface area contributed by atoms with Crippen LogP contribution in [0.15, 0.2) is 34.2 Å². The van der Waals surface area contributed by atoms with Crippen molar-refractivity contribution in [3.63, 3.8) is 0 Å².